The van der Waals surface area contributed by atoms with Gasteiger partial charge in [-0.05, 0) is 12.3 Å². The van der Waals surface area contributed by atoms with Crippen LogP contribution in [0.1, 0.15) is 39.3 Å². The minimum absolute atomic E-state index is 0.0182. The first-order valence-electron chi connectivity index (χ1n) is 5.76. The Bertz CT molecular complexity index is 391. The van der Waals surface area contributed by atoms with E-state index in [1.165, 1.54) is 0 Å². The van der Waals surface area contributed by atoms with Crippen molar-refractivity contribution in [2.24, 2.45) is 18.2 Å². The highest BCUT2D eigenvalue weighted by Crippen LogP contribution is 2.19. The van der Waals surface area contributed by atoms with E-state index in [9.17, 15) is 4.79 Å². The number of nitrogens with one attached hydrogen (secondary N) is 1. The van der Waals surface area contributed by atoms with Crippen LogP contribution in [0.4, 0.5) is 0 Å². The molecule has 0 spiro atoms. The molecule has 0 saturated heterocycles. The van der Waals surface area contributed by atoms with E-state index >= 15 is 0 Å². The van der Waals surface area contributed by atoms with Crippen molar-refractivity contribution in [2.45, 2.75) is 39.8 Å². The van der Waals surface area contributed by atoms with Gasteiger partial charge in [0, 0.05) is 24.8 Å². The van der Waals surface area contributed by atoms with Gasteiger partial charge in [-0.1, -0.05) is 20.8 Å². The van der Waals surface area contributed by atoms with Crippen LogP contribution in [0.15, 0.2) is 12.4 Å². The Morgan fingerprint density at radius 1 is 1.53 bits per heavy atom. The van der Waals surface area contributed by atoms with Crippen molar-refractivity contribution in [3.05, 3.63) is 18.0 Å². The normalized spacial score (nSPS) is 15.4. The minimum atomic E-state index is -0.659. The second-order valence-corrected chi connectivity index (χ2v) is 5.52. The SMILES string of the molecule is CC(NC(=O)C(N)c1cnn(C)c1)C(C)(C)C. The number of aryl methyl sites for hydroxylation is 1. The Kier molecular flexibility index (Phi) is 3.93. The van der Waals surface area contributed by atoms with Crippen LogP contribution in [0.5, 0.6) is 0 Å². The summed E-state index contributed by atoms with van der Waals surface area (Å²) in [5.41, 5.74) is 6.62. The van der Waals surface area contributed by atoms with Gasteiger partial charge in [0.1, 0.15) is 6.04 Å². The summed E-state index contributed by atoms with van der Waals surface area (Å²) in [6.07, 6.45) is 3.37. The number of carbonyl (C=O) groups excluding carboxylic acids is 1. The zero-order chi connectivity index (χ0) is 13.2. The molecule has 1 rings (SSSR count). The molecule has 2 atom stereocenters. The van der Waals surface area contributed by atoms with Crippen LogP contribution in [-0.2, 0) is 11.8 Å². The summed E-state index contributed by atoms with van der Waals surface area (Å²) in [4.78, 5) is 11.9. The molecule has 1 aromatic heterocycles. The molecule has 17 heavy (non-hydrogen) atoms. The largest absolute Gasteiger partial charge is 0.351 e. The third-order valence-corrected chi connectivity index (χ3v) is 3.02. The molecule has 1 amide bonds. The maximum absolute atomic E-state index is 11.9. The Balaban J connectivity index is 2.65. The van der Waals surface area contributed by atoms with Crippen LogP contribution in [-0.4, -0.2) is 21.7 Å². The lowest BCUT2D eigenvalue weighted by atomic mass is 9.88. The number of carbonyl (C=O) groups is 1. The van der Waals surface area contributed by atoms with E-state index in [4.69, 9.17) is 5.73 Å². The maximum atomic E-state index is 11.9. The lowest BCUT2D eigenvalue weighted by Crippen LogP contribution is -2.45. The van der Waals surface area contributed by atoms with Crippen molar-refractivity contribution >= 4 is 5.91 Å². The molecule has 5 heteroatoms. The van der Waals surface area contributed by atoms with Crippen molar-refractivity contribution in [2.75, 3.05) is 0 Å². The highest BCUT2D eigenvalue weighted by atomic mass is 16.2. The van der Waals surface area contributed by atoms with E-state index in [0.29, 0.717) is 0 Å². The van der Waals surface area contributed by atoms with Crippen LogP contribution in [0.25, 0.3) is 0 Å². The molecule has 2 unspecified atom stereocenters. The molecule has 0 fully saturated rings. The second kappa shape index (κ2) is 4.87. The molecule has 3 N–H and O–H groups in total. The van der Waals surface area contributed by atoms with Gasteiger partial charge in [0.25, 0.3) is 0 Å². The summed E-state index contributed by atoms with van der Waals surface area (Å²) in [7, 11) is 1.80. The highest BCUT2D eigenvalue weighted by Gasteiger charge is 2.25. The summed E-state index contributed by atoms with van der Waals surface area (Å²) in [6, 6.07) is -0.591. The van der Waals surface area contributed by atoms with E-state index in [1.54, 1.807) is 24.1 Å². The molecule has 0 bridgehead atoms. The fraction of sp³-hybridized carbons (Fsp3) is 0.667. The summed E-state index contributed by atoms with van der Waals surface area (Å²) in [6.45, 7) is 8.21. The molecule has 0 aliphatic heterocycles. The van der Waals surface area contributed by atoms with Gasteiger partial charge in [-0.3, -0.25) is 9.48 Å². The van der Waals surface area contributed by atoms with Gasteiger partial charge in [-0.15, -0.1) is 0 Å². The Hall–Kier alpha value is -1.36. The van der Waals surface area contributed by atoms with Gasteiger partial charge in [-0.2, -0.15) is 5.10 Å². The van der Waals surface area contributed by atoms with Gasteiger partial charge in [-0.25, -0.2) is 0 Å². The smallest absolute Gasteiger partial charge is 0.241 e. The summed E-state index contributed by atoms with van der Waals surface area (Å²) in [5, 5.41) is 6.93. The van der Waals surface area contributed by atoms with E-state index < -0.39 is 6.04 Å². The number of nitrogens with zero attached hydrogens (tertiary/aromatic N) is 2. The number of amides is 1. The lowest BCUT2D eigenvalue weighted by Gasteiger charge is -2.29. The molecular formula is C12H22N4O. The number of hydrogen-bond donors (Lipinski definition) is 2. The quantitative estimate of drug-likeness (QED) is 0.824. The van der Waals surface area contributed by atoms with Gasteiger partial charge >= 0.3 is 0 Å². The first-order valence-corrected chi connectivity index (χ1v) is 5.76. The molecule has 0 aromatic carbocycles. The van der Waals surface area contributed by atoms with Crippen molar-refractivity contribution in [1.29, 1.82) is 0 Å². The Morgan fingerprint density at radius 2 is 2.12 bits per heavy atom. The van der Waals surface area contributed by atoms with E-state index in [1.807, 2.05) is 6.92 Å². The number of aromatic nitrogens is 2. The fourth-order valence-corrected chi connectivity index (χ4v) is 1.27. The van der Waals surface area contributed by atoms with Gasteiger partial charge in [0.05, 0.1) is 6.20 Å². The van der Waals surface area contributed by atoms with Crippen LogP contribution in [0, 0.1) is 5.41 Å². The average Bonchev–Trinajstić information content (AvgIpc) is 2.62. The monoisotopic (exact) mass is 238 g/mol. The maximum Gasteiger partial charge on any atom is 0.241 e. The van der Waals surface area contributed by atoms with E-state index in [0.717, 1.165) is 5.56 Å². The predicted octanol–water partition coefficient (Wildman–Crippen LogP) is 0.971. The summed E-state index contributed by atoms with van der Waals surface area (Å²) >= 11 is 0. The average molecular weight is 238 g/mol. The van der Waals surface area contributed by atoms with Crippen LogP contribution >= 0.6 is 0 Å². The standard InChI is InChI=1S/C12H22N4O/c1-8(12(2,3)4)15-11(17)10(13)9-6-14-16(5)7-9/h6-8,10H,13H2,1-5H3,(H,15,17). The zero-order valence-electron chi connectivity index (χ0n) is 11.2. The number of nitrogens with two attached hydrogens (primary N) is 1. The first-order chi connectivity index (χ1) is 7.71. The molecule has 0 radical (unpaired) electrons. The summed E-state index contributed by atoms with van der Waals surface area (Å²) in [5.74, 6) is -0.166. The number of rotatable bonds is 3. The molecule has 96 valence electrons. The molecule has 0 saturated carbocycles. The molecule has 0 aliphatic rings. The Morgan fingerprint density at radius 3 is 2.53 bits per heavy atom. The van der Waals surface area contributed by atoms with E-state index in [2.05, 4.69) is 31.2 Å². The zero-order valence-corrected chi connectivity index (χ0v) is 11.2. The first kappa shape index (κ1) is 13.7. The van der Waals surface area contributed by atoms with Crippen molar-refractivity contribution in [3.63, 3.8) is 0 Å². The summed E-state index contributed by atoms with van der Waals surface area (Å²) < 4.78 is 1.63. The Labute approximate surface area is 102 Å². The molecular weight excluding hydrogens is 216 g/mol. The topological polar surface area (TPSA) is 72.9 Å². The van der Waals surface area contributed by atoms with E-state index in [-0.39, 0.29) is 17.4 Å². The lowest BCUT2D eigenvalue weighted by molar-refractivity contribution is -0.123. The molecule has 1 heterocycles. The van der Waals surface area contributed by atoms with Crippen LogP contribution in [0.2, 0.25) is 0 Å². The third-order valence-electron chi connectivity index (χ3n) is 3.02. The van der Waals surface area contributed by atoms with Crippen LogP contribution < -0.4 is 11.1 Å². The molecule has 0 aliphatic carbocycles. The fourth-order valence-electron chi connectivity index (χ4n) is 1.27. The highest BCUT2D eigenvalue weighted by molar-refractivity contribution is 5.83. The number of hydrogen-bond acceptors (Lipinski definition) is 3. The third kappa shape index (κ3) is 3.56. The van der Waals surface area contributed by atoms with Crippen LogP contribution in [0.3, 0.4) is 0 Å². The second-order valence-electron chi connectivity index (χ2n) is 5.52. The van der Waals surface area contributed by atoms with Crippen molar-refractivity contribution < 1.29 is 4.79 Å². The minimum Gasteiger partial charge on any atom is -0.351 e. The molecule has 5 nitrogen and oxygen atoms in total. The van der Waals surface area contributed by atoms with Crippen molar-refractivity contribution in [1.82, 2.24) is 15.1 Å². The van der Waals surface area contributed by atoms with Gasteiger partial charge < -0.3 is 11.1 Å². The van der Waals surface area contributed by atoms with Gasteiger partial charge in [0.15, 0.2) is 0 Å². The van der Waals surface area contributed by atoms with Crippen molar-refractivity contribution in [3.8, 4) is 0 Å². The molecule has 1 aromatic rings. The van der Waals surface area contributed by atoms with Gasteiger partial charge in [0.2, 0.25) is 5.91 Å². The predicted molar refractivity (Wildman–Crippen MR) is 67.2 cm³/mol.